The van der Waals surface area contributed by atoms with E-state index in [9.17, 15) is 0 Å². The number of aryl methyl sites for hydroxylation is 1. The third-order valence-electron chi connectivity index (χ3n) is 3.27. The number of benzene rings is 2. The first-order chi connectivity index (χ1) is 9.55. The van der Waals surface area contributed by atoms with E-state index < -0.39 is 0 Å². The van der Waals surface area contributed by atoms with Gasteiger partial charge in [0.15, 0.2) is 0 Å². The predicted octanol–water partition coefficient (Wildman–Crippen LogP) is 3.82. The van der Waals surface area contributed by atoms with Crippen molar-refractivity contribution in [2.75, 3.05) is 14.2 Å². The van der Waals surface area contributed by atoms with Crippen molar-refractivity contribution in [2.24, 2.45) is 5.73 Å². The Balaban J connectivity index is 2.41. The number of methoxy groups -OCH3 is 2. The molecule has 3 nitrogen and oxygen atoms in total. The van der Waals surface area contributed by atoms with E-state index in [0.717, 1.165) is 32.7 Å². The third kappa shape index (κ3) is 3.14. The van der Waals surface area contributed by atoms with Crippen LogP contribution >= 0.6 is 15.9 Å². The molecule has 1 unspecified atom stereocenters. The molecule has 0 saturated carbocycles. The third-order valence-corrected chi connectivity index (χ3v) is 4.16. The van der Waals surface area contributed by atoms with Gasteiger partial charge in [-0.05, 0) is 41.8 Å². The van der Waals surface area contributed by atoms with Gasteiger partial charge in [0.05, 0.1) is 20.3 Å². The number of nitrogens with two attached hydrogens (primary N) is 1. The Hall–Kier alpha value is -1.52. The molecule has 4 heteroatoms. The molecule has 2 aromatic carbocycles. The highest BCUT2D eigenvalue weighted by atomic mass is 79.9. The lowest BCUT2D eigenvalue weighted by Gasteiger charge is -2.16. The van der Waals surface area contributed by atoms with Crippen LogP contribution in [0.3, 0.4) is 0 Å². The van der Waals surface area contributed by atoms with E-state index >= 15 is 0 Å². The largest absolute Gasteiger partial charge is 0.497 e. The van der Waals surface area contributed by atoms with Crippen molar-refractivity contribution >= 4 is 15.9 Å². The van der Waals surface area contributed by atoms with Crippen molar-refractivity contribution in [3.05, 3.63) is 57.6 Å². The second-order valence-corrected chi connectivity index (χ2v) is 5.49. The Labute approximate surface area is 127 Å². The summed E-state index contributed by atoms with van der Waals surface area (Å²) in [5, 5.41) is 0. The van der Waals surface area contributed by atoms with E-state index in [0.29, 0.717) is 0 Å². The number of hydrogen-bond acceptors (Lipinski definition) is 3. The van der Waals surface area contributed by atoms with E-state index in [4.69, 9.17) is 15.2 Å². The zero-order valence-corrected chi connectivity index (χ0v) is 13.4. The molecule has 0 aromatic heterocycles. The van der Waals surface area contributed by atoms with Crippen LogP contribution < -0.4 is 15.2 Å². The van der Waals surface area contributed by atoms with E-state index in [1.807, 2.05) is 37.3 Å². The minimum Gasteiger partial charge on any atom is -0.497 e. The standard InChI is InChI=1S/C16H18BrNO2/c1-10-6-11(4-5-15(10)17)16(18)12-7-13(19-2)9-14(8-12)20-3/h4-9,16H,18H2,1-3H3. The summed E-state index contributed by atoms with van der Waals surface area (Å²) in [6, 6.07) is 11.6. The molecule has 0 spiro atoms. The highest BCUT2D eigenvalue weighted by Crippen LogP contribution is 2.30. The van der Waals surface area contributed by atoms with Gasteiger partial charge in [0, 0.05) is 10.5 Å². The van der Waals surface area contributed by atoms with Gasteiger partial charge in [0.1, 0.15) is 11.5 Å². The topological polar surface area (TPSA) is 44.5 Å². The van der Waals surface area contributed by atoms with Crippen LogP contribution in [0.1, 0.15) is 22.7 Å². The molecule has 0 aliphatic rings. The molecule has 0 heterocycles. The van der Waals surface area contributed by atoms with Gasteiger partial charge < -0.3 is 15.2 Å². The first-order valence-corrected chi connectivity index (χ1v) is 7.09. The van der Waals surface area contributed by atoms with E-state index in [2.05, 4.69) is 22.0 Å². The summed E-state index contributed by atoms with van der Waals surface area (Å²) in [4.78, 5) is 0. The fraction of sp³-hybridized carbons (Fsp3) is 0.250. The van der Waals surface area contributed by atoms with Crippen molar-refractivity contribution in [1.29, 1.82) is 0 Å². The molecule has 2 rings (SSSR count). The molecule has 0 saturated heterocycles. The minimum absolute atomic E-state index is 0.217. The average Bonchev–Trinajstić information content (AvgIpc) is 2.48. The molecule has 1 atom stereocenters. The molecule has 20 heavy (non-hydrogen) atoms. The van der Waals surface area contributed by atoms with Gasteiger partial charge in [-0.3, -0.25) is 0 Å². The molecule has 0 aliphatic carbocycles. The van der Waals surface area contributed by atoms with E-state index in [-0.39, 0.29) is 6.04 Å². The highest BCUT2D eigenvalue weighted by molar-refractivity contribution is 9.10. The lowest BCUT2D eigenvalue weighted by molar-refractivity contribution is 0.393. The van der Waals surface area contributed by atoms with Crippen LogP contribution in [0.5, 0.6) is 11.5 Å². The fourth-order valence-corrected chi connectivity index (χ4v) is 2.31. The van der Waals surface area contributed by atoms with Gasteiger partial charge in [-0.15, -0.1) is 0 Å². The van der Waals surface area contributed by atoms with Crippen molar-refractivity contribution < 1.29 is 9.47 Å². The van der Waals surface area contributed by atoms with Crippen LogP contribution in [0.25, 0.3) is 0 Å². The first kappa shape index (κ1) is 14.9. The molecule has 0 aliphatic heterocycles. The fourth-order valence-electron chi connectivity index (χ4n) is 2.06. The van der Waals surface area contributed by atoms with Crippen molar-refractivity contribution in [1.82, 2.24) is 0 Å². The normalized spacial score (nSPS) is 12.1. The summed E-state index contributed by atoms with van der Waals surface area (Å²) in [6.07, 6.45) is 0. The highest BCUT2D eigenvalue weighted by Gasteiger charge is 2.12. The average molecular weight is 336 g/mol. The van der Waals surface area contributed by atoms with Crippen molar-refractivity contribution in [3.63, 3.8) is 0 Å². The molecule has 0 bridgehead atoms. The van der Waals surface area contributed by atoms with Gasteiger partial charge in [-0.1, -0.05) is 28.1 Å². The molecule has 2 N–H and O–H groups in total. The maximum atomic E-state index is 6.36. The number of hydrogen-bond donors (Lipinski definition) is 1. The van der Waals surface area contributed by atoms with Gasteiger partial charge in [0.25, 0.3) is 0 Å². The number of ether oxygens (including phenoxy) is 2. The molecule has 0 amide bonds. The van der Waals surface area contributed by atoms with Crippen LogP contribution in [0.2, 0.25) is 0 Å². The molecule has 106 valence electrons. The van der Waals surface area contributed by atoms with Crippen LogP contribution in [-0.4, -0.2) is 14.2 Å². The van der Waals surface area contributed by atoms with Gasteiger partial charge in [0.2, 0.25) is 0 Å². The zero-order valence-electron chi connectivity index (χ0n) is 11.8. The Morgan fingerprint density at radius 3 is 2.05 bits per heavy atom. The zero-order chi connectivity index (χ0) is 14.7. The summed E-state index contributed by atoms with van der Waals surface area (Å²) >= 11 is 3.50. The molecule has 0 fully saturated rings. The van der Waals surface area contributed by atoms with Gasteiger partial charge >= 0.3 is 0 Å². The summed E-state index contributed by atoms with van der Waals surface area (Å²) in [5.74, 6) is 1.48. The summed E-state index contributed by atoms with van der Waals surface area (Å²) in [6.45, 7) is 2.05. The lowest BCUT2D eigenvalue weighted by Crippen LogP contribution is -2.12. The Bertz CT molecular complexity index is 591. The Morgan fingerprint density at radius 1 is 0.950 bits per heavy atom. The second-order valence-electron chi connectivity index (χ2n) is 4.63. The maximum absolute atomic E-state index is 6.36. The molecular weight excluding hydrogens is 318 g/mol. The van der Waals surface area contributed by atoms with Crippen LogP contribution in [-0.2, 0) is 0 Å². The smallest absolute Gasteiger partial charge is 0.122 e. The lowest BCUT2D eigenvalue weighted by atomic mass is 9.98. The molecule has 2 aromatic rings. The Morgan fingerprint density at radius 2 is 1.55 bits per heavy atom. The summed E-state index contributed by atoms with van der Waals surface area (Å²) in [5.41, 5.74) is 9.53. The maximum Gasteiger partial charge on any atom is 0.122 e. The van der Waals surface area contributed by atoms with Gasteiger partial charge in [-0.25, -0.2) is 0 Å². The molecular formula is C16H18BrNO2. The quantitative estimate of drug-likeness (QED) is 0.923. The second kappa shape index (κ2) is 6.29. The number of rotatable bonds is 4. The monoisotopic (exact) mass is 335 g/mol. The van der Waals surface area contributed by atoms with Crippen LogP contribution in [0, 0.1) is 6.92 Å². The van der Waals surface area contributed by atoms with Gasteiger partial charge in [-0.2, -0.15) is 0 Å². The summed E-state index contributed by atoms with van der Waals surface area (Å²) < 4.78 is 11.6. The first-order valence-electron chi connectivity index (χ1n) is 6.29. The summed E-state index contributed by atoms with van der Waals surface area (Å²) in [7, 11) is 3.27. The predicted molar refractivity (Wildman–Crippen MR) is 84.5 cm³/mol. The van der Waals surface area contributed by atoms with E-state index in [1.165, 1.54) is 0 Å². The van der Waals surface area contributed by atoms with Crippen molar-refractivity contribution in [2.45, 2.75) is 13.0 Å². The SMILES string of the molecule is COc1cc(OC)cc(C(N)c2ccc(Br)c(C)c2)c1. The van der Waals surface area contributed by atoms with Crippen LogP contribution in [0.4, 0.5) is 0 Å². The van der Waals surface area contributed by atoms with E-state index in [1.54, 1.807) is 14.2 Å². The molecule has 0 radical (unpaired) electrons. The van der Waals surface area contributed by atoms with Crippen molar-refractivity contribution in [3.8, 4) is 11.5 Å². The number of halogens is 1. The Kier molecular flexibility index (Phi) is 4.68. The van der Waals surface area contributed by atoms with Crippen LogP contribution in [0.15, 0.2) is 40.9 Å². The minimum atomic E-state index is -0.217.